The minimum Gasteiger partial charge on any atom is -0.480 e. The Hall–Kier alpha value is -1.62. The molecule has 0 aliphatic heterocycles. The highest BCUT2D eigenvalue weighted by atomic mass is 32.2. The standard InChI is InChI=1S/C9H12F3N3O4S/c1-5-8(6(2)14-13-5)20(18,19)15(3-7(16)17)4-9(10,11)12/h3-4H2,1-2H3,(H,13,14)(H,16,17). The monoisotopic (exact) mass is 315 g/mol. The van der Waals surface area contributed by atoms with Crippen molar-refractivity contribution in [2.24, 2.45) is 0 Å². The van der Waals surface area contributed by atoms with Gasteiger partial charge in [-0.15, -0.1) is 0 Å². The van der Waals surface area contributed by atoms with E-state index in [2.05, 4.69) is 10.2 Å². The molecule has 0 aromatic carbocycles. The van der Waals surface area contributed by atoms with Gasteiger partial charge in [0, 0.05) is 0 Å². The van der Waals surface area contributed by atoms with Crippen LogP contribution in [0.25, 0.3) is 0 Å². The zero-order chi connectivity index (χ0) is 15.7. The summed E-state index contributed by atoms with van der Waals surface area (Å²) >= 11 is 0. The maximum Gasteiger partial charge on any atom is 0.402 e. The lowest BCUT2D eigenvalue weighted by molar-refractivity contribution is -0.146. The van der Waals surface area contributed by atoms with Gasteiger partial charge in [0.2, 0.25) is 10.0 Å². The molecule has 0 radical (unpaired) electrons. The van der Waals surface area contributed by atoms with Crippen molar-refractivity contribution in [3.63, 3.8) is 0 Å². The zero-order valence-corrected chi connectivity index (χ0v) is 11.3. The fourth-order valence-corrected chi connectivity index (χ4v) is 3.33. The zero-order valence-electron chi connectivity index (χ0n) is 10.5. The number of aromatic amines is 1. The Morgan fingerprint density at radius 2 is 1.95 bits per heavy atom. The highest BCUT2D eigenvalue weighted by molar-refractivity contribution is 7.89. The van der Waals surface area contributed by atoms with Gasteiger partial charge in [-0.1, -0.05) is 0 Å². The predicted octanol–water partition coefficient (Wildman–Crippen LogP) is 0.664. The number of alkyl halides is 3. The van der Waals surface area contributed by atoms with E-state index in [1.54, 1.807) is 0 Å². The molecule has 0 saturated carbocycles. The quantitative estimate of drug-likeness (QED) is 0.831. The maximum atomic E-state index is 12.4. The van der Waals surface area contributed by atoms with Crippen LogP contribution in [0, 0.1) is 13.8 Å². The Morgan fingerprint density at radius 1 is 1.40 bits per heavy atom. The SMILES string of the molecule is Cc1n[nH]c(C)c1S(=O)(=O)N(CC(=O)O)CC(F)(F)F. The minimum absolute atomic E-state index is 0.0277. The molecule has 0 bridgehead atoms. The summed E-state index contributed by atoms with van der Waals surface area (Å²) in [7, 11) is -4.61. The molecule has 1 rings (SSSR count). The third-order valence-corrected chi connectivity index (χ3v) is 4.38. The molecule has 11 heteroatoms. The third kappa shape index (κ3) is 3.70. The molecule has 0 unspecified atom stereocenters. The van der Waals surface area contributed by atoms with E-state index < -0.39 is 40.2 Å². The van der Waals surface area contributed by atoms with Crippen LogP contribution in [0.2, 0.25) is 0 Å². The number of nitrogens with one attached hydrogen (secondary N) is 1. The van der Waals surface area contributed by atoms with Crippen LogP contribution < -0.4 is 0 Å². The molecule has 0 aliphatic rings. The second kappa shape index (κ2) is 5.40. The van der Waals surface area contributed by atoms with Gasteiger partial charge >= 0.3 is 12.1 Å². The minimum atomic E-state index is -4.85. The highest BCUT2D eigenvalue weighted by Gasteiger charge is 2.39. The van der Waals surface area contributed by atoms with Crippen LogP contribution in [-0.4, -0.2) is 53.3 Å². The van der Waals surface area contributed by atoms with Gasteiger partial charge < -0.3 is 5.11 Å². The molecular formula is C9H12F3N3O4S. The number of H-pyrrole nitrogens is 1. The maximum absolute atomic E-state index is 12.4. The molecule has 114 valence electrons. The average molecular weight is 315 g/mol. The summed E-state index contributed by atoms with van der Waals surface area (Å²) < 4.78 is 61.4. The molecule has 2 N–H and O–H groups in total. The van der Waals surface area contributed by atoms with Gasteiger partial charge in [0.1, 0.15) is 18.0 Å². The fraction of sp³-hybridized carbons (Fsp3) is 0.556. The first-order valence-electron chi connectivity index (χ1n) is 5.25. The number of carboxylic acid groups (broad SMARTS) is 1. The predicted molar refractivity (Wildman–Crippen MR) is 60.5 cm³/mol. The summed E-state index contributed by atoms with van der Waals surface area (Å²) in [6, 6.07) is 0. The molecule has 0 atom stereocenters. The number of hydrogen-bond donors (Lipinski definition) is 2. The van der Waals surface area contributed by atoms with Crippen LogP contribution in [0.15, 0.2) is 4.90 Å². The van der Waals surface area contributed by atoms with E-state index in [-0.39, 0.29) is 15.7 Å². The number of aromatic nitrogens is 2. The average Bonchev–Trinajstić information content (AvgIpc) is 2.55. The van der Waals surface area contributed by atoms with Crippen molar-refractivity contribution in [2.75, 3.05) is 13.1 Å². The van der Waals surface area contributed by atoms with Crippen molar-refractivity contribution in [3.05, 3.63) is 11.4 Å². The second-order valence-corrected chi connectivity index (χ2v) is 5.92. The van der Waals surface area contributed by atoms with Crippen LogP contribution in [-0.2, 0) is 14.8 Å². The summed E-state index contributed by atoms with van der Waals surface area (Å²) in [6.07, 6.45) is -4.85. The number of rotatable bonds is 5. The Bertz CT molecular complexity index is 589. The molecule has 20 heavy (non-hydrogen) atoms. The van der Waals surface area contributed by atoms with Crippen LogP contribution in [0.3, 0.4) is 0 Å². The first kappa shape index (κ1) is 16.4. The van der Waals surface area contributed by atoms with Gasteiger partial charge in [0.15, 0.2) is 0 Å². The molecular weight excluding hydrogens is 303 g/mol. The normalized spacial score (nSPS) is 12.9. The van der Waals surface area contributed by atoms with Gasteiger partial charge in [0.05, 0.1) is 11.4 Å². The molecule has 7 nitrogen and oxygen atoms in total. The van der Waals surface area contributed by atoms with Crippen LogP contribution in [0.1, 0.15) is 11.4 Å². The number of sulfonamides is 1. The van der Waals surface area contributed by atoms with Crippen LogP contribution in [0.4, 0.5) is 13.2 Å². The molecule has 0 amide bonds. The first-order valence-corrected chi connectivity index (χ1v) is 6.69. The van der Waals surface area contributed by atoms with Crippen molar-refractivity contribution in [2.45, 2.75) is 24.9 Å². The Labute approximate surface area is 112 Å². The lowest BCUT2D eigenvalue weighted by Gasteiger charge is -2.21. The van der Waals surface area contributed by atoms with E-state index in [4.69, 9.17) is 5.11 Å². The van der Waals surface area contributed by atoms with Gasteiger partial charge in [0.25, 0.3) is 0 Å². The summed E-state index contributed by atoms with van der Waals surface area (Å²) in [5, 5.41) is 14.5. The number of hydrogen-bond acceptors (Lipinski definition) is 4. The van der Waals surface area contributed by atoms with E-state index in [1.165, 1.54) is 13.8 Å². The molecule has 1 aromatic heterocycles. The number of halogens is 3. The van der Waals surface area contributed by atoms with Gasteiger partial charge in [-0.05, 0) is 13.8 Å². The van der Waals surface area contributed by atoms with Gasteiger partial charge in [-0.25, -0.2) is 8.42 Å². The Kier molecular flexibility index (Phi) is 4.44. The smallest absolute Gasteiger partial charge is 0.402 e. The van der Waals surface area contributed by atoms with E-state index in [0.717, 1.165) is 0 Å². The van der Waals surface area contributed by atoms with Crippen LogP contribution >= 0.6 is 0 Å². The number of aryl methyl sites for hydroxylation is 2. The van der Waals surface area contributed by atoms with Crippen molar-refractivity contribution >= 4 is 16.0 Å². The van der Waals surface area contributed by atoms with E-state index >= 15 is 0 Å². The van der Waals surface area contributed by atoms with Crippen molar-refractivity contribution < 1.29 is 31.5 Å². The molecule has 0 saturated heterocycles. The first-order chi connectivity index (χ1) is 8.95. The van der Waals surface area contributed by atoms with E-state index in [1.807, 2.05) is 0 Å². The summed E-state index contributed by atoms with van der Waals surface area (Å²) in [5.74, 6) is -1.68. The van der Waals surface area contributed by atoms with Crippen LogP contribution in [0.5, 0.6) is 0 Å². The van der Waals surface area contributed by atoms with Crippen molar-refractivity contribution in [3.8, 4) is 0 Å². The largest absolute Gasteiger partial charge is 0.480 e. The highest BCUT2D eigenvalue weighted by Crippen LogP contribution is 2.25. The second-order valence-electron chi connectivity index (χ2n) is 4.05. The summed E-state index contributed by atoms with van der Waals surface area (Å²) in [4.78, 5) is 10.1. The summed E-state index contributed by atoms with van der Waals surface area (Å²) in [6.45, 7) is -0.556. The van der Waals surface area contributed by atoms with Gasteiger partial charge in [-0.2, -0.15) is 22.6 Å². The fourth-order valence-electron chi connectivity index (χ4n) is 1.63. The summed E-state index contributed by atoms with van der Waals surface area (Å²) in [5.41, 5.74) is 0.0140. The molecule has 1 heterocycles. The van der Waals surface area contributed by atoms with E-state index in [0.29, 0.717) is 0 Å². The lowest BCUT2D eigenvalue weighted by atomic mass is 10.4. The van der Waals surface area contributed by atoms with E-state index in [9.17, 15) is 26.4 Å². The molecule has 1 aromatic rings. The third-order valence-electron chi connectivity index (χ3n) is 2.33. The van der Waals surface area contributed by atoms with Gasteiger partial charge in [-0.3, -0.25) is 9.89 Å². The molecule has 0 fully saturated rings. The number of nitrogens with zero attached hydrogens (tertiary/aromatic N) is 2. The topological polar surface area (TPSA) is 103 Å². The van der Waals surface area contributed by atoms with Crippen molar-refractivity contribution in [1.82, 2.24) is 14.5 Å². The Balaban J connectivity index is 3.28. The number of carboxylic acids is 1. The number of carbonyl (C=O) groups is 1. The lowest BCUT2D eigenvalue weighted by Crippen LogP contribution is -2.42. The molecule has 0 aliphatic carbocycles. The number of aliphatic carboxylic acids is 1. The van der Waals surface area contributed by atoms with Crippen molar-refractivity contribution in [1.29, 1.82) is 0 Å². The Morgan fingerprint density at radius 3 is 2.30 bits per heavy atom. The molecule has 0 spiro atoms.